The maximum Gasteiger partial charge on any atom is 0.409 e. The van der Waals surface area contributed by atoms with Crippen LogP contribution in [0.4, 0.5) is 9.59 Å². The van der Waals surface area contributed by atoms with Gasteiger partial charge in [-0.25, -0.2) is 9.59 Å². The van der Waals surface area contributed by atoms with Crippen molar-refractivity contribution in [1.29, 1.82) is 0 Å². The van der Waals surface area contributed by atoms with E-state index < -0.39 is 0 Å². The Morgan fingerprint density at radius 3 is 2.46 bits per heavy atom. The van der Waals surface area contributed by atoms with E-state index in [1.807, 2.05) is 32.0 Å². The number of nitrogens with zero attached hydrogens (tertiary/aromatic N) is 1. The molecule has 1 fully saturated rings. The quantitative estimate of drug-likeness (QED) is 0.762. The Labute approximate surface area is 155 Å². The zero-order valence-electron chi connectivity index (χ0n) is 15.8. The molecule has 0 aromatic heterocycles. The number of piperidine rings is 1. The second kappa shape index (κ2) is 9.89. The largest absolute Gasteiger partial charge is 0.491 e. The molecule has 26 heavy (non-hydrogen) atoms. The Kier molecular flexibility index (Phi) is 7.56. The average molecular weight is 363 g/mol. The molecule has 7 heteroatoms. The molecule has 1 aromatic carbocycles. The summed E-state index contributed by atoms with van der Waals surface area (Å²) in [6.07, 6.45) is 1.18. The lowest BCUT2D eigenvalue weighted by Crippen LogP contribution is -2.49. The molecule has 144 valence electrons. The predicted molar refractivity (Wildman–Crippen MR) is 99.6 cm³/mol. The van der Waals surface area contributed by atoms with E-state index in [0.29, 0.717) is 32.8 Å². The molecule has 0 aliphatic carbocycles. The molecule has 1 aliphatic heterocycles. The molecule has 1 aromatic rings. The molecule has 1 aliphatic rings. The predicted octanol–water partition coefficient (Wildman–Crippen LogP) is 2.60. The van der Waals surface area contributed by atoms with Crippen LogP contribution >= 0.6 is 0 Å². The first-order valence-electron chi connectivity index (χ1n) is 9.16. The number of hydrogen-bond donors (Lipinski definition) is 2. The highest BCUT2D eigenvalue weighted by molar-refractivity contribution is 5.74. The number of carbonyl (C=O) groups is 2. The average Bonchev–Trinajstić information content (AvgIpc) is 2.61. The third kappa shape index (κ3) is 5.82. The molecule has 3 amide bonds. The number of ether oxygens (including phenoxy) is 2. The number of urea groups is 1. The highest BCUT2D eigenvalue weighted by Crippen LogP contribution is 2.21. The SMILES string of the molecule is CCOC(=O)N1CCC(NC(=O)NCCOc2c(C)cccc2C)CC1. The van der Waals surface area contributed by atoms with Gasteiger partial charge in [-0.2, -0.15) is 0 Å². The zero-order chi connectivity index (χ0) is 18.9. The number of hydrogen-bond acceptors (Lipinski definition) is 4. The summed E-state index contributed by atoms with van der Waals surface area (Å²) >= 11 is 0. The molecule has 7 nitrogen and oxygen atoms in total. The zero-order valence-corrected chi connectivity index (χ0v) is 15.8. The molecular formula is C19H29N3O4. The van der Waals surface area contributed by atoms with Crippen molar-refractivity contribution >= 4 is 12.1 Å². The lowest BCUT2D eigenvalue weighted by atomic mass is 10.1. The van der Waals surface area contributed by atoms with Crippen molar-refractivity contribution in [3.05, 3.63) is 29.3 Å². The Balaban J connectivity index is 1.63. The minimum absolute atomic E-state index is 0.0696. The van der Waals surface area contributed by atoms with Crippen LogP contribution in [-0.2, 0) is 4.74 Å². The minimum Gasteiger partial charge on any atom is -0.491 e. The Hall–Kier alpha value is -2.44. The van der Waals surface area contributed by atoms with E-state index in [0.717, 1.165) is 29.7 Å². The molecular weight excluding hydrogens is 334 g/mol. The van der Waals surface area contributed by atoms with Gasteiger partial charge in [0.25, 0.3) is 0 Å². The van der Waals surface area contributed by atoms with Gasteiger partial charge in [0.1, 0.15) is 12.4 Å². The van der Waals surface area contributed by atoms with Crippen molar-refractivity contribution in [2.75, 3.05) is 32.8 Å². The van der Waals surface area contributed by atoms with E-state index in [-0.39, 0.29) is 18.2 Å². The first-order valence-corrected chi connectivity index (χ1v) is 9.16. The maximum atomic E-state index is 12.0. The summed E-state index contributed by atoms with van der Waals surface area (Å²) in [6, 6.07) is 5.87. The van der Waals surface area contributed by atoms with Gasteiger partial charge in [0.2, 0.25) is 0 Å². The highest BCUT2D eigenvalue weighted by Gasteiger charge is 2.24. The molecule has 2 N–H and O–H groups in total. The first kappa shape index (κ1) is 19.9. The van der Waals surface area contributed by atoms with Gasteiger partial charge in [-0.3, -0.25) is 0 Å². The van der Waals surface area contributed by atoms with Crippen molar-refractivity contribution in [1.82, 2.24) is 15.5 Å². The lowest BCUT2D eigenvalue weighted by Gasteiger charge is -2.31. The molecule has 2 rings (SSSR count). The number of amides is 3. The third-order valence-corrected chi connectivity index (χ3v) is 4.40. The van der Waals surface area contributed by atoms with Gasteiger partial charge >= 0.3 is 12.1 Å². The summed E-state index contributed by atoms with van der Waals surface area (Å²) in [4.78, 5) is 25.3. The van der Waals surface area contributed by atoms with Gasteiger partial charge in [0, 0.05) is 19.1 Å². The van der Waals surface area contributed by atoms with Gasteiger partial charge in [-0.15, -0.1) is 0 Å². The first-order chi connectivity index (χ1) is 12.5. The number of likely N-dealkylation sites (tertiary alicyclic amines) is 1. The molecule has 0 radical (unpaired) electrons. The molecule has 0 spiro atoms. The van der Waals surface area contributed by atoms with E-state index in [2.05, 4.69) is 10.6 Å². The second-order valence-corrected chi connectivity index (χ2v) is 6.43. The van der Waals surface area contributed by atoms with Gasteiger partial charge < -0.3 is 25.0 Å². The van der Waals surface area contributed by atoms with Crippen LogP contribution in [0.5, 0.6) is 5.75 Å². The van der Waals surface area contributed by atoms with Crippen molar-refractivity contribution < 1.29 is 19.1 Å². The number of para-hydroxylation sites is 1. The number of benzene rings is 1. The standard InChI is InChI=1S/C19H29N3O4/c1-4-25-19(24)22-11-8-16(9-12-22)21-18(23)20-10-13-26-17-14(2)6-5-7-15(17)3/h5-7,16H,4,8-13H2,1-3H3,(H2,20,21,23). The van der Waals surface area contributed by atoms with Crippen LogP contribution in [0.25, 0.3) is 0 Å². The van der Waals surface area contributed by atoms with Crippen molar-refractivity contribution in [2.45, 2.75) is 39.7 Å². The molecule has 1 saturated heterocycles. The summed E-state index contributed by atoms with van der Waals surface area (Å²) < 4.78 is 10.8. The van der Waals surface area contributed by atoms with E-state index in [1.54, 1.807) is 11.8 Å². The van der Waals surface area contributed by atoms with Crippen LogP contribution < -0.4 is 15.4 Å². The molecule has 0 unspecified atom stereocenters. The second-order valence-electron chi connectivity index (χ2n) is 6.43. The summed E-state index contributed by atoms with van der Waals surface area (Å²) in [6.45, 7) is 8.22. The Morgan fingerprint density at radius 2 is 1.85 bits per heavy atom. The number of carbonyl (C=O) groups excluding carboxylic acids is 2. The smallest absolute Gasteiger partial charge is 0.409 e. The fraction of sp³-hybridized carbons (Fsp3) is 0.579. The number of nitrogens with one attached hydrogen (secondary N) is 2. The summed E-state index contributed by atoms with van der Waals surface area (Å²) in [5.41, 5.74) is 2.17. The van der Waals surface area contributed by atoms with Gasteiger partial charge in [0.15, 0.2) is 0 Å². The molecule has 0 saturated carbocycles. The lowest BCUT2D eigenvalue weighted by molar-refractivity contribution is 0.0957. The van der Waals surface area contributed by atoms with Gasteiger partial charge in [-0.05, 0) is 44.7 Å². The normalized spacial score (nSPS) is 14.7. The molecule has 1 heterocycles. The fourth-order valence-corrected chi connectivity index (χ4v) is 3.00. The topological polar surface area (TPSA) is 79.9 Å². The van der Waals surface area contributed by atoms with E-state index in [4.69, 9.17) is 9.47 Å². The van der Waals surface area contributed by atoms with E-state index in [9.17, 15) is 9.59 Å². The van der Waals surface area contributed by atoms with Crippen molar-refractivity contribution in [3.63, 3.8) is 0 Å². The fourth-order valence-electron chi connectivity index (χ4n) is 3.00. The van der Waals surface area contributed by atoms with E-state index in [1.165, 1.54) is 0 Å². The molecule has 0 bridgehead atoms. The summed E-state index contributed by atoms with van der Waals surface area (Å²) in [7, 11) is 0. The summed E-state index contributed by atoms with van der Waals surface area (Å²) in [5, 5.41) is 5.76. The van der Waals surface area contributed by atoms with E-state index >= 15 is 0 Å². The minimum atomic E-state index is -0.279. The van der Waals surface area contributed by atoms with Crippen LogP contribution in [0.2, 0.25) is 0 Å². The number of aryl methyl sites for hydroxylation is 2. The maximum absolute atomic E-state index is 12.0. The highest BCUT2D eigenvalue weighted by atomic mass is 16.6. The van der Waals surface area contributed by atoms with Crippen LogP contribution in [-0.4, -0.2) is 55.9 Å². The Morgan fingerprint density at radius 1 is 1.19 bits per heavy atom. The van der Waals surface area contributed by atoms with Crippen LogP contribution in [0.3, 0.4) is 0 Å². The third-order valence-electron chi connectivity index (χ3n) is 4.40. The monoisotopic (exact) mass is 363 g/mol. The summed E-state index contributed by atoms with van der Waals surface area (Å²) in [5.74, 6) is 0.876. The van der Waals surface area contributed by atoms with Crippen LogP contribution in [0, 0.1) is 13.8 Å². The Bertz CT molecular complexity index is 593. The van der Waals surface area contributed by atoms with Crippen molar-refractivity contribution in [2.24, 2.45) is 0 Å². The van der Waals surface area contributed by atoms with Gasteiger partial charge in [0.05, 0.1) is 13.2 Å². The van der Waals surface area contributed by atoms with Gasteiger partial charge in [-0.1, -0.05) is 18.2 Å². The van der Waals surface area contributed by atoms with Crippen LogP contribution in [0.1, 0.15) is 30.9 Å². The number of rotatable bonds is 6. The van der Waals surface area contributed by atoms with Crippen molar-refractivity contribution in [3.8, 4) is 5.75 Å². The van der Waals surface area contributed by atoms with Crippen LogP contribution in [0.15, 0.2) is 18.2 Å². The molecule has 0 atom stereocenters.